The van der Waals surface area contributed by atoms with E-state index >= 15 is 0 Å². The van der Waals surface area contributed by atoms with Gasteiger partial charge in [0.25, 0.3) is 0 Å². The summed E-state index contributed by atoms with van der Waals surface area (Å²) in [6.45, 7) is 0. The molecule has 2 aromatic rings. The highest BCUT2D eigenvalue weighted by Gasteiger charge is 2.30. The van der Waals surface area contributed by atoms with E-state index in [1.165, 1.54) is 19.2 Å². The zero-order valence-electron chi connectivity index (χ0n) is 13.8. The first-order valence-corrected chi connectivity index (χ1v) is 9.74. The summed E-state index contributed by atoms with van der Waals surface area (Å²) in [5, 5.41) is 2.70. The number of nitrogens with one attached hydrogen (secondary N) is 1. The monoisotopic (exact) mass is 399 g/mol. The lowest BCUT2D eigenvalue weighted by atomic mass is 10.1. The van der Waals surface area contributed by atoms with Crippen LogP contribution < -0.4 is 5.32 Å². The molecule has 0 radical (unpaired) electrons. The fourth-order valence-corrected chi connectivity index (χ4v) is 4.53. The summed E-state index contributed by atoms with van der Waals surface area (Å²) in [6, 6.07) is 4.08. The minimum atomic E-state index is -3.55. The molecular weight excluding hydrogens is 385 g/mol. The maximum atomic E-state index is 14.2. The highest BCUT2D eigenvalue weighted by atomic mass is 35.5. The number of anilines is 2. The molecular formula is C16H15ClFN3O4S. The largest absolute Gasteiger partial charge is 0.469 e. The van der Waals surface area contributed by atoms with Crippen molar-refractivity contribution < 1.29 is 22.3 Å². The van der Waals surface area contributed by atoms with E-state index < -0.39 is 21.6 Å². The van der Waals surface area contributed by atoms with Crippen molar-refractivity contribution in [2.24, 2.45) is 0 Å². The molecule has 0 aliphatic carbocycles. The Balaban J connectivity index is 1.96. The first-order valence-electron chi connectivity index (χ1n) is 7.71. The van der Waals surface area contributed by atoms with Gasteiger partial charge < -0.3 is 10.1 Å². The molecule has 26 heavy (non-hydrogen) atoms. The molecule has 0 unspecified atom stereocenters. The number of fused-ring (bicyclic) bond motifs is 1. The highest BCUT2D eigenvalue weighted by Crippen LogP contribution is 2.32. The second kappa shape index (κ2) is 7.16. The fourth-order valence-electron chi connectivity index (χ4n) is 2.71. The van der Waals surface area contributed by atoms with Gasteiger partial charge in [-0.3, -0.25) is 4.79 Å². The van der Waals surface area contributed by atoms with Gasteiger partial charge in [-0.25, -0.2) is 17.8 Å². The number of aromatic nitrogens is 2. The average molecular weight is 400 g/mol. The van der Waals surface area contributed by atoms with Crippen molar-refractivity contribution in [3.05, 3.63) is 40.6 Å². The predicted molar refractivity (Wildman–Crippen MR) is 92.8 cm³/mol. The number of hydrogen-bond acceptors (Lipinski definition) is 7. The summed E-state index contributed by atoms with van der Waals surface area (Å²) in [4.78, 5) is 19.2. The Bertz CT molecular complexity index is 982. The minimum absolute atomic E-state index is 0.00723. The van der Waals surface area contributed by atoms with E-state index in [0.717, 1.165) is 6.07 Å². The van der Waals surface area contributed by atoms with Gasteiger partial charge in [-0.2, -0.15) is 4.98 Å². The van der Waals surface area contributed by atoms with Crippen molar-refractivity contribution in [2.45, 2.75) is 24.2 Å². The normalized spacial score (nSPS) is 15.2. The lowest BCUT2D eigenvalue weighted by molar-refractivity contribution is -0.139. The van der Waals surface area contributed by atoms with Gasteiger partial charge in [0.05, 0.1) is 25.0 Å². The molecule has 0 spiro atoms. The van der Waals surface area contributed by atoms with Crippen LogP contribution >= 0.6 is 11.6 Å². The standard InChI is InChI=1S/C16H15ClFN3O4S/c1-25-13(22)7-9-4-5-10(8-11(9)18)19-15-14-12(20-16(17)21-15)3-2-6-26(14,23)24/h4-5,8H,2-3,6-7H2,1H3,(H,19,20,21). The van der Waals surface area contributed by atoms with E-state index in [2.05, 4.69) is 20.0 Å². The zero-order chi connectivity index (χ0) is 18.9. The predicted octanol–water partition coefficient (Wildman–Crippen LogP) is 2.45. The van der Waals surface area contributed by atoms with Gasteiger partial charge in [0.1, 0.15) is 10.7 Å². The quantitative estimate of drug-likeness (QED) is 0.622. The number of carbonyl (C=O) groups excluding carboxylic acids is 1. The maximum absolute atomic E-state index is 14.2. The van der Waals surface area contributed by atoms with Gasteiger partial charge in [0.2, 0.25) is 5.28 Å². The summed E-state index contributed by atoms with van der Waals surface area (Å²) in [5.74, 6) is -1.18. The van der Waals surface area contributed by atoms with Crippen LogP contribution in [-0.4, -0.2) is 37.2 Å². The Morgan fingerprint density at radius 1 is 1.38 bits per heavy atom. The van der Waals surface area contributed by atoms with E-state index in [4.69, 9.17) is 11.6 Å². The number of esters is 1. The van der Waals surface area contributed by atoms with E-state index in [1.807, 2.05) is 0 Å². The lowest BCUT2D eigenvalue weighted by Crippen LogP contribution is -2.20. The van der Waals surface area contributed by atoms with Crippen molar-refractivity contribution in [3.63, 3.8) is 0 Å². The Morgan fingerprint density at radius 2 is 2.15 bits per heavy atom. The maximum Gasteiger partial charge on any atom is 0.310 e. The molecule has 0 fully saturated rings. The van der Waals surface area contributed by atoms with Crippen LogP contribution in [0.1, 0.15) is 17.7 Å². The molecule has 0 bridgehead atoms. The molecule has 2 heterocycles. The Kier molecular flexibility index (Phi) is 5.10. The van der Waals surface area contributed by atoms with Gasteiger partial charge in [-0.15, -0.1) is 0 Å². The van der Waals surface area contributed by atoms with Crippen molar-refractivity contribution >= 4 is 38.9 Å². The summed E-state index contributed by atoms with van der Waals surface area (Å²) in [6.07, 6.45) is 0.725. The summed E-state index contributed by atoms with van der Waals surface area (Å²) in [7, 11) is -2.33. The molecule has 0 atom stereocenters. The zero-order valence-corrected chi connectivity index (χ0v) is 15.3. The van der Waals surface area contributed by atoms with Crippen LogP contribution in [-0.2, 0) is 32.2 Å². The fraction of sp³-hybridized carbons (Fsp3) is 0.312. The molecule has 1 aliphatic heterocycles. The Morgan fingerprint density at radius 3 is 2.85 bits per heavy atom. The summed E-state index contributed by atoms with van der Waals surface area (Å²) in [5.41, 5.74) is 0.785. The number of rotatable bonds is 4. The number of halogens is 2. The van der Waals surface area contributed by atoms with E-state index in [9.17, 15) is 17.6 Å². The van der Waals surface area contributed by atoms with E-state index in [-0.39, 0.29) is 39.4 Å². The average Bonchev–Trinajstić information content (AvgIpc) is 2.56. The van der Waals surface area contributed by atoms with Gasteiger partial charge >= 0.3 is 5.97 Å². The van der Waals surface area contributed by atoms with E-state index in [0.29, 0.717) is 18.5 Å². The van der Waals surface area contributed by atoms with Crippen LogP contribution in [0.5, 0.6) is 0 Å². The molecule has 10 heteroatoms. The van der Waals surface area contributed by atoms with Gasteiger partial charge in [0, 0.05) is 5.69 Å². The van der Waals surface area contributed by atoms with Crippen molar-refractivity contribution in [3.8, 4) is 0 Å². The van der Waals surface area contributed by atoms with Crippen LogP contribution in [0.3, 0.4) is 0 Å². The molecule has 1 aromatic carbocycles. The van der Waals surface area contributed by atoms with Crippen molar-refractivity contribution in [1.29, 1.82) is 0 Å². The molecule has 1 aliphatic rings. The molecule has 138 valence electrons. The Labute approximate surface area is 154 Å². The van der Waals surface area contributed by atoms with Crippen LogP contribution in [0.25, 0.3) is 0 Å². The van der Waals surface area contributed by atoms with Gasteiger partial charge in [-0.1, -0.05) is 6.07 Å². The van der Waals surface area contributed by atoms with Gasteiger partial charge in [-0.05, 0) is 42.1 Å². The third-order valence-electron chi connectivity index (χ3n) is 3.92. The number of ether oxygens (including phenoxy) is 1. The minimum Gasteiger partial charge on any atom is -0.469 e. The molecule has 1 N–H and O–H groups in total. The molecule has 0 saturated carbocycles. The number of sulfone groups is 1. The molecule has 1 aromatic heterocycles. The highest BCUT2D eigenvalue weighted by molar-refractivity contribution is 7.91. The third kappa shape index (κ3) is 3.78. The topological polar surface area (TPSA) is 98.2 Å². The SMILES string of the molecule is COC(=O)Cc1ccc(Nc2nc(Cl)nc3c2S(=O)(=O)CCC3)cc1F. The first kappa shape index (κ1) is 18.5. The number of benzene rings is 1. The lowest BCUT2D eigenvalue weighted by Gasteiger charge is -2.19. The van der Waals surface area contributed by atoms with Crippen LogP contribution in [0.4, 0.5) is 15.9 Å². The van der Waals surface area contributed by atoms with Crippen LogP contribution in [0.2, 0.25) is 5.28 Å². The number of nitrogens with zero attached hydrogens (tertiary/aromatic N) is 2. The first-order chi connectivity index (χ1) is 12.3. The molecule has 3 rings (SSSR count). The van der Waals surface area contributed by atoms with Crippen LogP contribution in [0.15, 0.2) is 23.1 Å². The second-order valence-corrected chi connectivity index (χ2v) is 8.11. The Hall–Kier alpha value is -2.26. The molecule has 7 nitrogen and oxygen atoms in total. The second-order valence-electron chi connectivity index (χ2n) is 5.72. The number of aryl methyl sites for hydroxylation is 1. The van der Waals surface area contributed by atoms with Crippen molar-refractivity contribution in [2.75, 3.05) is 18.2 Å². The summed E-state index contributed by atoms with van der Waals surface area (Å²) >= 11 is 5.89. The number of carbonyl (C=O) groups is 1. The van der Waals surface area contributed by atoms with Gasteiger partial charge in [0.15, 0.2) is 15.7 Å². The molecule has 0 amide bonds. The molecule has 0 saturated heterocycles. The third-order valence-corrected chi connectivity index (χ3v) is 5.97. The number of hydrogen-bond donors (Lipinski definition) is 1. The number of methoxy groups -OCH3 is 1. The van der Waals surface area contributed by atoms with Crippen LogP contribution in [0, 0.1) is 5.82 Å². The summed E-state index contributed by atoms with van der Waals surface area (Å²) < 4.78 is 43.5. The van der Waals surface area contributed by atoms with Crippen molar-refractivity contribution in [1.82, 2.24) is 9.97 Å². The van der Waals surface area contributed by atoms with E-state index in [1.54, 1.807) is 0 Å². The smallest absolute Gasteiger partial charge is 0.310 e.